The topological polar surface area (TPSA) is 89.5 Å². The Labute approximate surface area is 203 Å². The molecule has 1 aromatic carbocycles. The van der Waals surface area contributed by atoms with Crippen molar-refractivity contribution in [3.63, 3.8) is 0 Å². The fourth-order valence-corrected chi connectivity index (χ4v) is 3.71. The number of alkyl halides is 3. The van der Waals surface area contributed by atoms with Crippen LogP contribution >= 0.6 is 23.2 Å². The first kappa shape index (κ1) is 25.9. The number of benzene rings is 1. The Hall–Kier alpha value is -2.72. The van der Waals surface area contributed by atoms with Crippen LogP contribution in [0.5, 0.6) is 11.6 Å². The highest BCUT2D eigenvalue weighted by Crippen LogP contribution is 2.27. The molecule has 184 valence electrons. The van der Waals surface area contributed by atoms with Gasteiger partial charge in [-0.2, -0.15) is 13.2 Å². The Morgan fingerprint density at radius 2 is 1.76 bits per heavy atom. The monoisotopic (exact) mass is 519 g/mol. The van der Waals surface area contributed by atoms with Gasteiger partial charge in [-0.1, -0.05) is 23.2 Å². The number of ether oxygens (including phenoxy) is 2. The Balaban J connectivity index is 1.37. The Kier molecular flexibility index (Phi) is 8.84. The first-order chi connectivity index (χ1) is 16.1. The number of carbonyl (C=O) groups is 2. The van der Waals surface area contributed by atoms with E-state index >= 15 is 0 Å². The van der Waals surface area contributed by atoms with Gasteiger partial charge in [-0.15, -0.1) is 0 Å². The van der Waals surface area contributed by atoms with Crippen molar-refractivity contribution in [3.05, 3.63) is 46.6 Å². The molecule has 1 aliphatic rings. The molecule has 3 rings (SSSR count). The molecule has 1 heterocycles. The van der Waals surface area contributed by atoms with Crippen LogP contribution in [0.3, 0.4) is 0 Å². The predicted octanol–water partition coefficient (Wildman–Crippen LogP) is 5.02. The maximum absolute atomic E-state index is 12.5. The van der Waals surface area contributed by atoms with Crippen LogP contribution in [0.4, 0.5) is 18.9 Å². The highest BCUT2D eigenvalue weighted by Gasteiger charge is 2.29. The third-order valence-corrected chi connectivity index (χ3v) is 5.85. The fraction of sp³-hybridized carbons (Fsp3) is 0.409. The van der Waals surface area contributed by atoms with Gasteiger partial charge in [0, 0.05) is 24.1 Å². The summed E-state index contributed by atoms with van der Waals surface area (Å²) in [4.78, 5) is 28.4. The van der Waals surface area contributed by atoms with Crippen molar-refractivity contribution in [2.75, 3.05) is 18.5 Å². The number of hydrogen-bond acceptors (Lipinski definition) is 5. The second-order valence-corrected chi connectivity index (χ2v) is 8.57. The van der Waals surface area contributed by atoms with Crippen LogP contribution in [0.2, 0.25) is 10.0 Å². The van der Waals surface area contributed by atoms with Crippen LogP contribution in [-0.4, -0.2) is 42.2 Å². The van der Waals surface area contributed by atoms with Crippen molar-refractivity contribution in [1.29, 1.82) is 0 Å². The van der Waals surface area contributed by atoms with Crippen molar-refractivity contribution in [2.24, 2.45) is 5.92 Å². The summed E-state index contributed by atoms with van der Waals surface area (Å²) < 4.78 is 46.5. The summed E-state index contributed by atoms with van der Waals surface area (Å²) in [5, 5.41) is 6.32. The number of aromatic nitrogens is 1. The summed E-state index contributed by atoms with van der Waals surface area (Å²) in [5.41, 5.74) is 0.360. The zero-order valence-corrected chi connectivity index (χ0v) is 19.3. The molecule has 1 fully saturated rings. The smallest absolute Gasteiger partial charge is 0.422 e. The summed E-state index contributed by atoms with van der Waals surface area (Å²) in [6.45, 7) is -1.61. The molecule has 34 heavy (non-hydrogen) atoms. The molecule has 2 amide bonds. The number of rotatable bonds is 8. The average Bonchev–Trinajstić information content (AvgIpc) is 2.79. The Morgan fingerprint density at radius 3 is 2.38 bits per heavy atom. The van der Waals surface area contributed by atoms with Crippen molar-refractivity contribution < 1.29 is 32.2 Å². The average molecular weight is 520 g/mol. The van der Waals surface area contributed by atoms with E-state index in [1.807, 2.05) is 0 Å². The van der Waals surface area contributed by atoms with Crippen molar-refractivity contribution >= 4 is 40.7 Å². The zero-order chi connectivity index (χ0) is 24.7. The van der Waals surface area contributed by atoms with Gasteiger partial charge in [0.05, 0.1) is 21.9 Å². The van der Waals surface area contributed by atoms with Crippen LogP contribution in [0.1, 0.15) is 25.7 Å². The van der Waals surface area contributed by atoms with Crippen LogP contribution in [0.15, 0.2) is 36.5 Å². The van der Waals surface area contributed by atoms with Gasteiger partial charge < -0.3 is 20.1 Å². The molecular formula is C22H22Cl2F3N3O4. The second-order valence-electron chi connectivity index (χ2n) is 7.76. The van der Waals surface area contributed by atoms with E-state index in [0.29, 0.717) is 47.2 Å². The molecule has 0 atom stereocenters. The van der Waals surface area contributed by atoms with Crippen molar-refractivity contribution in [1.82, 2.24) is 10.3 Å². The molecule has 7 nitrogen and oxygen atoms in total. The van der Waals surface area contributed by atoms with Gasteiger partial charge >= 0.3 is 6.18 Å². The number of anilines is 1. The van der Waals surface area contributed by atoms with Gasteiger partial charge in [0.1, 0.15) is 5.75 Å². The summed E-state index contributed by atoms with van der Waals surface area (Å²) in [7, 11) is 0. The van der Waals surface area contributed by atoms with Crippen LogP contribution < -0.4 is 20.1 Å². The number of nitrogens with zero attached hydrogens (tertiary/aromatic N) is 1. The first-order valence-corrected chi connectivity index (χ1v) is 11.2. The van der Waals surface area contributed by atoms with E-state index in [4.69, 9.17) is 27.9 Å². The quantitative estimate of drug-likeness (QED) is 0.510. The minimum Gasteiger partial charge on any atom is -0.484 e. The van der Waals surface area contributed by atoms with Crippen LogP contribution in [0, 0.1) is 5.92 Å². The van der Waals surface area contributed by atoms with Crippen LogP contribution in [-0.2, 0) is 9.59 Å². The highest BCUT2D eigenvalue weighted by atomic mass is 35.5. The normalized spacial score (nSPS) is 18.1. The van der Waals surface area contributed by atoms with Gasteiger partial charge in [0.2, 0.25) is 11.8 Å². The van der Waals surface area contributed by atoms with Crippen molar-refractivity contribution in [3.8, 4) is 11.6 Å². The Bertz CT molecular complexity index is 998. The molecular weight excluding hydrogens is 498 g/mol. The number of carbonyl (C=O) groups excluding carboxylic acids is 2. The number of halogens is 5. The lowest BCUT2D eigenvalue weighted by Gasteiger charge is -2.28. The number of nitrogens with one attached hydrogen (secondary N) is 2. The molecule has 1 aliphatic carbocycles. The summed E-state index contributed by atoms with van der Waals surface area (Å²) in [6.07, 6.45) is -0.818. The largest absolute Gasteiger partial charge is 0.484 e. The molecule has 0 spiro atoms. The lowest BCUT2D eigenvalue weighted by Crippen LogP contribution is -2.41. The Morgan fingerprint density at radius 1 is 1.03 bits per heavy atom. The molecule has 1 saturated carbocycles. The summed E-state index contributed by atoms with van der Waals surface area (Å²) in [5.74, 6) is -0.493. The predicted molar refractivity (Wildman–Crippen MR) is 120 cm³/mol. The van der Waals surface area contributed by atoms with Crippen molar-refractivity contribution in [2.45, 2.75) is 37.9 Å². The molecule has 12 heteroatoms. The van der Waals surface area contributed by atoms with Gasteiger partial charge in [0.25, 0.3) is 5.91 Å². The minimum absolute atomic E-state index is 0.0688. The van der Waals surface area contributed by atoms with E-state index in [1.54, 1.807) is 12.1 Å². The zero-order valence-electron chi connectivity index (χ0n) is 17.8. The van der Waals surface area contributed by atoms with E-state index in [1.165, 1.54) is 24.4 Å². The maximum atomic E-state index is 12.5. The van der Waals surface area contributed by atoms with E-state index in [9.17, 15) is 22.8 Å². The number of pyridine rings is 1. The summed E-state index contributed by atoms with van der Waals surface area (Å²) in [6, 6.07) is 7.34. The maximum Gasteiger partial charge on any atom is 0.422 e. The second kappa shape index (κ2) is 11.6. The fourth-order valence-electron chi connectivity index (χ4n) is 3.42. The molecule has 2 N–H and O–H groups in total. The van der Waals surface area contributed by atoms with Crippen LogP contribution in [0.25, 0.3) is 0 Å². The lowest BCUT2D eigenvalue weighted by molar-refractivity contribution is -0.154. The third kappa shape index (κ3) is 8.25. The number of hydrogen-bond donors (Lipinski definition) is 2. The van der Waals surface area contributed by atoms with Gasteiger partial charge in [-0.3, -0.25) is 9.59 Å². The number of amides is 2. The molecule has 0 aliphatic heterocycles. The first-order valence-electron chi connectivity index (χ1n) is 10.4. The molecule has 0 saturated heterocycles. The highest BCUT2D eigenvalue weighted by molar-refractivity contribution is 6.42. The molecule has 0 unspecified atom stereocenters. The van der Waals surface area contributed by atoms with E-state index in [2.05, 4.69) is 20.4 Å². The van der Waals surface area contributed by atoms with E-state index in [-0.39, 0.29) is 36.3 Å². The van der Waals surface area contributed by atoms with Gasteiger partial charge in [-0.05, 0) is 43.9 Å². The molecule has 0 bridgehead atoms. The third-order valence-electron chi connectivity index (χ3n) is 5.11. The molecule has 2 aromatic rings. The molecule has 1 aromatic heterocycles. The standard InChI is InChI=1S/C22H22Cl2F3N3O4/c23-17-7-6-16(9-18(17)24)33-11-19(31)29-14-3-1-13(2-4-14)21(32)30-15-5-8-20(28-10-15)34-12-22(25,26)27/h5-10,13-14H,1-4,11-12H2,(H,29,31)(H,30,32)/t13-,14-. The van der Waals surface area contributed by atoms with Gasteiger partial charge in [0.15, 0.2) is 13.2 Å². The van der Waals surface area contributed by atoms with E-state index in [0.717, 1.165) is 0 Å². The van der Waals surface area contributed by atoms with E-state index < -0.39 is 12.8 Å². The van der Waals surface area contributed by atoms with Gasteiger partial charge in [-0.25, -0.2) is 4.98 Å². The summed E-state index contributed by atoms with van der Waals surface area (Å²) >= 11 is 11.8. The lowest BCUT2D eigenvalue weighted by atomic mass is 9.85. The minimum atomic E-state index is -4.45. The SMILES string of the molecule is O=C(COc1ccc(Cl)c(Cl)c1)N[C@H]1CC[C@H](C(=O)Nc2ccc(OCC(F)(F)F)nc2)CC1. The molecule has 0 radical (unpaired) electrons.